The van der Waals surface area contributed by atoms with Crippen LogP contribution in [0.3, 0.4) is 0 Å². The third kappa shape index (κ3) is 3.71. The first-order chi connectivity index (χ1) is 11.6. The number of halogens is 2. The minimum absolute atomic E-state index is 0.235. The van der Waals surface area contributed by atoms with Crippen molar-refractivity contribution in [2.75, 3.05) is 11.9 Å². The van der Waals surface area contributed by atoms with E-state index in [0.717, 1.165) is 35.4 Å². The van der Waals surface area contributed by atoms with Crippen molar-refractivity contribution in [2.45, 2.75) is 39.2 Å². The van der Waals surface area contributed by atoms with Crippen LogP contribution in [-0.2, 0) is 24.1 Å². The Morgan fingerprint density at radius 1 is 1.29 bits per heavy atom. The zero-order chi connectivity index (χ0) is 17.1. The van der Waals surface area contributed by atoms with E-state index in [1.807, 2.05) is 19.1 Å². The number of thiophene rings is 1. The maximum Gasteiger partial charge on any atom is 0.341 e. The maximum atomic E-state index is 12.4. The number of anilines is 1. The SMILES string of the molecule is CCOC(=O)c1c(NCc2ccc(Cl)cc2Cl)sc2c1CCCC2. The van der Waals surface area contributed by atoms with Crippen LogP contribution in [0.1, 0.15) is 46.1 Å². The van der Waals surface area contributed by atoms with E-state index in [9.17, 15) is 4.79 Å². The smallest absolute Gasteiger partial charge is 0.341 e. The second-order valence-electron chi connectivity index (χ2n) is 5.72. The van der Waals surface area contributed by atoms with Crippen LogP contribution in [0.4, 0.5) is 5.00 Å². The van der Waals surface area contributed by atoms with E-state index in [-0.39, 0.29) is 5.97 Å². The van der Waals surface area contributed by atoms with Gasteiger partial charge in [-0.1, -0.05) is 29.3 Å². The monoisotopic (exact) mass is 383 g/mol. The molecule has 128 valence electrons. The second kappa shape index (κ2) is 7.77. The van der Waals surface area contributed by atoms with Crippen molar-refractivity contribution in [2.24, 2.45) is 0 Å². The fourth-order valence-electron chi connectivity index (χ4n) is 2.95. The van der Waals surface area contributed by atoms with Crippen LogP contribution in [0.5, 0.6) is 0 Å². The number of hydrogen-bond acceptors (Lipinski definition) is 4. The Hall–Kier alpha value is -1.23. The van der Waals surface area contributed by atoms with Crippen molar-refractivity contribution in [1.29, 1.82) is 0 Å². The summed E-state index contributed by atoms with van der Waals surface area (Å²) in [7, 11) is 0. The zero-order valence-corrected chi connectivity index (χ0v) is 15.8. The van der Waals surface area contributed by atoms with Gasteiger partial charge in [-0.2, -0.15) is 0 Å². The third-order valence-corrected chi connectivity index (χ3v) is 5.94. The number of benzene rings is 1. The van der Waals surface area contributed by atoms with Gasteiger partial charge in [0.1, 0.15) is 5.00 Å². The summed E-state index contributed by atoms with van der Waals surface area (Å²) in [6.07, 6.45) is 4.29. The Morgan fingerprint density at radius 3 is 2.83 bits per heavy atom. The summed E-state index contributed by atoms with van der Waals surface area (Å²) in [6, 6.07) is 5.44. The molecule has 1 aliphatic rings. The summed E-state index contributed by atoms with van der Waals surface area (Å²) >= 11 is 13.8. The molecular formula is C18H19Cl2NO2S. The fourth-order valence-corrected chi connectivity index (χ4v) is 4.70. The lowest BCUT2D eigenvalue weighted by Crippen LogP contribution is -2.11. The number of carbonyl (C=O) groups excluding carboxylic acids is 1. The number of aryl methyl sites for hydroxylation is 1. The molecule has 0 amide bonds. The number of hydrogen-bond donors (Lipinski definition) is 1. The average molecular weight is 384 g/mol. The highest BCUT2D eigenvalue weighted by atomic mass is 35.5. The zero-order valence-electron chi connectivity index (χ0n) is 13.5. The molecule has 0 atom stereocenters. The van der Waals surface area contributed by atoms with Crippen LogP contribution in [-0.4, -0.2) is 12.6 Å². The lowest BCUT2D eigenvalue weighted by molar-refractivity contribution is 0.0526. The summed E-state index contributed by atoms with van der Waals surface area (Å²) < 4.78 is 5.27. The van der Waals surface area contributed by atoms with Crippen LogP contribution < -0.4 is 5.32 Å². The molecule has 2 aromatic rings. The molecule has 3 nitrogen and oxygen atoms in total. The van der Waals surface area contributed by atoms with Crippen molar-refractivity contribution in [3.63, 3.8) is 0 Å². The van der Waals surface area contributed by atoms with Crippen molar-refractivity contribution in [3.8, 4) is 0 Å². The molecular weight excluding hydrogens is 365 g/mol. The van der Waals surface area contributed by atoms with Gasteiger partial charge in [-0.15, -0.1) is 11.3 Å². The second-order valence-corrected chi connectivity index (χ2v) is 7.67. The van der Waals surface area contributed by atoms with E-state index in [4.69, 9.17) is 27.9 Å². The first kappa shape index (κ1) is 17.6. The molecule has 0 radical (unpaired) electrons. The Labute approximate surface area is 155 Å². The quantitative estimate of drug-likeness (QED) is 0.670. The number of rotatable bonds is 5. The van der Waals surface area contributed by atoms with E-state index in [1.54, 1.807) is 17.4 Å². The summed E-state index contributed by atoms with van der Waals surface area (Å²) in [6.45, 7) is 2.75. The highest BCUT2D eigenvalue weighted by Gasteiger charge is 2.26. The maximum absolute atomic E-state index is 12.4. The molecule has 0 spiro atoms. The van der Waals surface area contributed by atoms with Gasteiger partial charge in [0.05, 0.1) is 12.2 Å². The van der Waals surface area contributed by atoms with E-state index >= 15 is 0 Å². The molecule has 1 N–H and O–H groups in total. The van der Waals surface area contributed by atoms with Crippen LogP contribution >= 0.6 is 34.5 Å². The van der Waals surface area contributed by atoms with Gasteiger partial charge in [0.2, 0.25) is 0 Å². The lowest BCUT2D eigenvalue weighted by Gasteiger charge is -2.12. The van der Waals surface area contributed by atoms with E-state index in [2.05, 4.69) is 5.32 Å². The molecule has 24 heavy (non-hydrogen) atoms. The Morgan fingerprint density at radius 2 is 2.08 bits per heavy atom. The Kier molecular flexibility index (Phi) is 5.69. The van der Waals surface area contributed by atoms with E-state index < -0.39 is 0 Å². The Bertz CT molecular complexity index is 758. The lowest BCUT2D eigenvalue weighted by atomic mass is 9.95. The molecule has 0 saturated heterocycles. The summed E-state index contributed by atoms with van der Waals surface area (Å²) in [5.41, 5.74) is 2.82. The first-order valence-electron chi connectivity index (χ1n) is 8.09. The van der Waals surface area contributed by atoms with Gasteiger partial charge < -0.3 is 10.1 Å². The van der Waals surface area contributed by atoms with Crippen LogP contribution in [0, 0.1) is 0 Å². The highest BCUT2D eigenvalue weighted by Crippen LogP contribution is 2.39. The van der Waals surface area contributed by atoms with E-state index in [0.29, 0.717) is 28.8 Å². The molecule has 1 aromatic carbocycles. The van der Waals surface area contributed by atoms with Gasteiger partial charge >= 0.3 is 5.97 Å². The van der Waals surface area contributed by atoms with Crippen molar-refractivity contribution >= 4 is 45.5 Å². The molecule has 0 unspecified atom stereocenters. The largest absolute Gasteiger partial charge is 0.462 e. The number of carbonyl (C=O) groups is 1. The topological polar surface area (TPSA) is 38.3 Å². The molecule has 1 aromatic heterocycles. The molecule has 6 heteroatoms. The van der Waals surface area contributed by atoms with Crippen molar-refractivity contribution < 1.29 is 9.53 Å². The predicted octanol–water partition coefficient (Wildman–Crippen LogP) is 5.72. The number of nitrogens with one attached hydrogen (secondary N) is 1. The number of esters is 1. The molecule has 0 saturated carbocycles. The number of ether oxygens (including phenoxy) is 1. The van der Waals surface area contributed by atoms with Gasteiger partial charge in [0.15, 0.2) is 0 Å². The van der Waals surface area contributed by atoms with Crippen LogP contribution in [0.2, 0.25) is 10.0 Å². The van der Waals surface area contributed by atoms with E-state index in [1.165, 1.54) is 11.3 Å². The van der Waals surface area contributed by atoms with Gasteiger partial charge in [0, 0.05) is 21.5 Å². The molecule has 0 fully saturated rings. The van der Waals surface area contributed by atoms with Gasteiger partial charge in [-0.3, -0.25) is 0 Å². The first-order valence-corrected chi connectivity index (χ1v) is 9.66. The van der Waals surface area contributed by atoms with Crippen molar-refractivity contribution in [1.82, 2.24) is 0 Å². The molecule has 1 aliphatic carbocycles. The molecule has 1 heterocycles. The van der Waals surface area contributed by atoms with Crippen LogP contribution in [0.15, 0.2) is 18.2 Å². The molecule has 0 aliphatic heterocycles. The standard InChI is InChI=1S/C18H19Cl2NO2S/c1-2-23-18(22)16-13-5-3-4-6-15(13)24-17(16)21-10-11-7-8-12(19)9-14(11)20/h7-9,21H,2-6,10H2,1H3. The van der Waals surface area contributed by atoms with Gasteiger partial charge in [-0.05, 0) is 55.9 Å². The van der Waals surface area contributed by atoms with Crippen molar-refractivity contribution in [3.05, 3.63) is 49.8 Å². The minimum Gasteiger partial charge on any atom is -0.462 e. The minimum atomic E-state index is -0.235. The highest BCUT2D eigenvalue weighted by molar-refractivity contribution is 7.16. The van der Waals surface area contributed by atoms with Crippen LogP contribution in [0.25, 0.3) is 0 Å². The summed E-state index contributed by atoms with van der Waals surface area (Å²) in [5, 5.41) is 5.49. The normalized spacial score (nSPS) is 13.5. The average Bonchev–Trinajstić information content (AvgIpc) is 2.92. The Balaban J connectivity index is 1.86. The fraction of sp³-hybridized carbons (Fsp3) is 0.389. The van der Waals surface area contributed by atoms with Gasteiger partial charge in [-0.25, -0.2) is 4.79 Å². The third-order valence-electron chi connectivity index (χ3n) is 4.11. The molecule has 0 bridgehead atoms. The summed E-state index contributed by atoms with van der Waals surface area (Å²) in [4.78, 5) is 13.7. The number of fused-ring (bicyclic) bond motifs is 1. The summed E-state index contributed by atoms with van der Waals surface area (Å²) in [5.74, 6) is -0.235. The predicted molar refractivity (Wildman–Crippen MR) is 101 cm³/mol. The molecule has 3 rings (SSSR count). The van der Waals surface area contributed by atoms with Gasteiger partial charge in [0.25, 0.3) is 0 Å².